The highest BCUT2D eigenvalue weighted by Crippen LogP contribution is 2.18. The van der Waals surface area contributed by atoms with Gasteiger partial charge in [-0.1, -0.05) is 6.07 Å². The number of aromatic amines is 1. The minimum atomic E-state index is -0.186. The fraction of sp³-hybridized carbons (Fsp3) is 0.263. The second-order valence-electron chi connectivity index (χ2n) is 6.45. The van der Waals surface area contributed by atoms with E-state index in [4.69, 9.17) is 0 Å². The second kappa shape index (κ2) is 7.06. The number of carbonyl (C=O) groups is 1. The van der Waals surface area contributed by atoms with Crippen LogP contribution in [0.25, 0.3) is 11.5 Å². The Bertz CT molecular complexity index is 1030. The summed E-state index contributed by atoms with van der Waals surface area (Å²) < 4.78 is 0. The summed E-state index contributed by atoms with van der Waals surface area (Å²) >= 11 is 0. The molecule has 8 nitrogen and oxygen atoms in total. The van der Waals surface area contributed by atoms with Gasteiger partial charge in [-0.15, -0.1) is 0 Å². The maximum atomic E-state index is 12.6. The lowest BCUT2D eigenvalue weighted by atomic mass is 10.1. The first kappa shape index (κ1) is 17.0. The standard InChI is InChI=1S/C19H18N6O2/c1-12-9-22-15(10-21-12)18-23-16-11-25(7-5-14(16)19(27)24-18)17(26)8-13-4-2-3-6-20-13/h2-4,6,9-10H,5,7-8,11H2,1H3,(H,23,24,27). The molecule has 0 bridgehead atoms. The Hall–Kier alpha value is -3.42. The lowest BCUT2D eigenvalue weighted by molar-refractivity contribution is -0.131. The molecule has 0 spiro atoms. The number of carbonyl (C=O) groups excluding carboxylic acids is 1. The summed E-state index contributed by atoms with van der Waals surface area (Å²) in [6.45, 7) is 2.63. The molecule has 0 unspecified atom stereocenters. The van der Waals surface area contributed by atoms with Gasteiger partial charge < -0.3 is 9.88 Å². The van der Waals surface area contributed by atoms with E-state index in [0.29, 0.717) is 42.3 Å². The third-order valence-electron chi connectivity index (χ3n) is 4.51. The Kier molecular flexibility index (Phi) is 4.45. The maximum Gasteiger partial charge on any atom is 0.254 e. The van der Waals surface area contributed by atoms with Crippen molar-refractivity contribution in [1.82, 2.24) is 29.8 Å². The minimum absolute atomic E-state index is 0.0295. The van der Waals surface area contributed by atoms with E-state index in [9.17, 15) is 9.59 Å². The van der Waals surface area contributed by atoms with Crippen molar-refractivity contribution < 1.29 is 4.79 Å². The van der Waals surface area contributed by atoms with Crippen molar-refractivity contribution in [2.24, 2.45) is 0 Å². The Morgan fingerprint density at radius 3 is 2.85 bits per heavy atom. The van der Waals surface area contributed by atoms with E-state index in [1.807, 2.05) is 25.1 Å². The average molecular weight is 362 g/mol. The highest BCUT2D eigenvalue weighted by molar-refractivity contribution is 5.78. The molecule has 1 aliphatic rings. The van der Waals surface area contributed by atoms with Crippen molar-refractivity contribution in [3.05, 3.63) is 69.8 Å². The van der Waals surface area contributed by atoms with Crippen molar-refractivity contribution in [2.45, 2.75) is 26.3 Å². The largest absolute Gasteiger partial charge is 0.336 e. The molecule has 1 aliphatic heterocycles. The number of hydrogen-bond acceptors (Lipinski definition) is 6. The van der Waals surface area contributed by atoms with Crippen LogP contribution in [0.3, 0.4) is 0 Å². The van der Waals surface area contributed by atoms with Crippen molar-refractivity contribution >= 4 is 5.91 Å². The summed E-state index contributed by atoms with van der Waals surface area (Å²) in [4.78, 5) is 46.7. The van der Waals surface area contributed by atoms with Crippen LogP contribution in [0.2, 0.25) is 0 Å². The normalized spacial score (nSPS) is 13.3. The van der Waals surface area contributed by atoms with Gasteiger partial charge in [0.05, 0.1) is 30.6 Å². The van der Waals surface area contributed by atoms with Gasteiger partial charge in [-0.2, -0.15) is 0 Å². The number of nitrogens with zero attached hydrogens (tertiary/aromatic N) is 5. The van der Waals surface area contributed by atoms with E-state index in [-0.39, 0.29) is 17.9 Å². The van der Waals surface area contributed by atoms with Crippen molar-refractivity contribution in [3.8, 4) is 11.5 Å². The molecule has 0 fully saturated rings. The van der Waals surface area contributed by atoms with E-state index in [1.165, 1.54) is 0 Å². The van der Waals surface area contributed by atoms with Gasteiger partial charge in [0, 0.05) is 30.2 Å². The van der Waals surface area contributed by atoms with Gasteiger partial charge in [-0.3, -0.25) is 19.6 Å². The fourth-order valence-electron chi connectivity index (χ4n) is 3.06. The van der Waals surface area contributed by atoms with Crippen LogP contribution in [0.5, 0.6) is 0 Å². The highest BCUT2D eigenvalue weighted by Gasteiger charge is 2.25. The van der Waals surface area contributed by atoms with Crippen LogP contribution in [0.15, 0.2) is 41.6 Å². The molecule has 4 heterocycles. The zero-order valence-corrected chi connectivity index (χ0v) is 14.8. The molecule has 0 saturated heterocycles. The van der Waals surface area contributed by atoms with Gasteiger partial charge >= 0.3 is 0 Å². The number of pyridine rings is 1. The Morgan fingerprint density at radius 1 is 1.22 bits per heavy atom. The monoisotopic (exact) mass is 362 g/mol. The van der Waals surface area contributed by atoms with E-state index in [0.717, 1.165) is 11.4 Å². The summed E-state index contributed by atoms with van der Waals surface area (Å²) in [6, 6.07) is 5.50. The first-order valence-electron chi connectivity index (χ1n) is 8.69. The molecule has 8 heteroatoms. The van der Waals surface area contributed by atoms with Gasteiger partial charge in [-0.05, 0) is 25.5 Å². The quantitative estimate of drug-likeness (QED) is 0.747. The van der Waals surface area contributed by atoms with E-state index in [1.54, 1.807) is 23.5 Å². The minimum Gasteiger partial charge on any atom is -0.336 e. The molecule has 27 heavy (non-hydrogen) atoms. The number of rotatable bonds is 3. The predicted molar refractivity (Wildman–Crippen MR) is 97.7 cm³/mol. The summed E-state index contributed by atoms with van der Waals surface area (Å²) in [5, 5.41) is 0. The number of aryl methyl sites for hydroxylation is 1. The molecular formula is C19H18N6O2. The Labute approximate surface area is 155 Å². The Morgan fingerprint density at radius 2 is 2.11 bits per heavy atom. The first-order valence-corrected chi connectivity index (χ1v) is 8.69. The highest BCUT2D eigenvalue weighted by atomic mass is 16.2. The maximum absolute atomic E-state index is 12.6. The molecule has 1 amide bonds. The van der Waals surface area contributed by atoms with Gasteiger partial charge in [0.2, 0.25) is 5.91 Å². The van der Waals surface area contributed by atoms with Crippen LogP contribution in [0, 0.1) is 6.92 Å². The topological polar surface area (TPSA) is 105 Å². The molecule has 1 N–H and O–H groups in total. The van der Waals surface area contributed by atoms with Crippen LogP contribution in [0.4, 0.5) is 0 Å². The van der Waals surface area contributed by atoms with Gasteiger partial charge in [0.15, 0.2) is 5.82 Å². The lowest BCUT2D eigenvalue weighted by Gasteiger charge is -2.27. The third kappa shape index (κ3) is 3.59. The number of amides is 1. The fourth-order valence-corrected chi connectivity index (χ4v) is 3.06. The molecule has 3 aromatic rings. The van der Waals surface area contributed by atoms with E-state index < -0.39 is 0 Å². The zero-order chi connectivity index (χ0) is 18.8. The van der Waals surface area contributed by atoms with Gasteiger partial charge in [0.1, 0.15) is 5.69 Å². The van der Waals surface area contributed by atoms with Crippen LogP contribution in [-0.2, 0) is 24.2 Å². The summed E-state index contributed by atoms with van der Waals surface area (Å²) in [5.41, 5.74) is 3.05. The van der Waals surface area contributed by atoms with Gasteiger partial charge in [0.25, 0.3) is 5.56 Å². The molecule has 0 aromatic carbocycles. The zero-order valence-electron chi connectivity index (χ0n) is 14.8. The number of fused-ring (bicyclic) bond motifs is 1. The number of hydrogen-bond donors (Lipinski definition) is 1. The molecule has 0 radical (unpaired) electrons. The molecule has 0 atom stereocenters. The number of aromatic nitrogens is 5. The first-order chi connectivity index (χ1) is 13.1. The SMILES string of the molecule is Cc1cnc(-c2nc3c(c(=O)[nH]2)CCN(C(=O)Cc2ccccn2)C3)cn1. The molecule has 0 aliphatic carbocycles. The molecule has 3 aromatic heterocycles. The molecule has 136 valence electrons. The van der Waals surface area contributed by atoms with Crippen molar-refractivity contribution in [1.29, 1.82) is 0 Å². The second-order valence-corrected chi connectivity index (χ2v) is 6.45. The van der Waals surface area contributed by atoms with Crippen LogP contribution in [0.1, 0.15) is 22.6 Å². The lowest BCUT2D eigenvalue weighted by Crippen LogP contribution is -2.40. The molecular weight excluding hydrogens is 344 g/mol. The third-order valence-corrected chi connectivity index (χ3v) is 4.51. The van der Waals surface area contributed by atoms with E-state index in [2.05, 4.69) is 24.9 Å². The Balaban J connectivity index is 1.58. The smallest absolute Gasteiger partial charge is 0.254 e. The van der Waals surface area contributed by atoms with Crippen molar-refractivity contribution in [2.75, 3.05) is 6.54 Å². The average Bonchev–Trinajstić information content (AvgIpc) is 2.69. The predicted octanol–water partition coefficient (Wildman–Crippen LogP) is 1.06. The van der Waals surface area contributed by atoms with Crippen LogP contribution in [-0.4, -0.2) is 42.3 Å². The van der Waals surface area contributed by atoms with Gasteiger partial charge in [-0.25, -0.2) is 9.97 Å². The number of nitrogens with one attached hydrogen (secondary N) is 1. The summed E-state index contributed by atoms with van der Waals surface area (Å²) in [6.07, 6.45) is 5.58. The van der Waals surface area contributed by atoms with Crippen molar-refractivity contribution in [3.63, 3.8) is 0 Å². The summed E-state index contributed by atoms with van der Waals surface area (Å²) in [7, 11) is 0. The molecule has 4 rings (SSSR count). The van der Waals surface area contributed by atoms with Crippen LogP contribution < -0.4 is 5.56 Å². The van der Waals surface area contributed by atoms with Crippen LogP contribution >= 0.6 is 0 Å². The van der Waals surface area contributed by atoms with E-state index >= 15 is 0 Å². The molecule has 0 saturated carbocycles. The summed E-state index contributed by atoms with van der Waals surface area (Å²) in [5.74, 6) is 0.336. The number of H-pyrrole nitrogens is 1.